The number of hydrogen-bond acceptors (Lipinski definition) is 18. The van der Waals surface area contributed by atoms with Gasteiger partial charge in [-0.2, -0.15) is 0 Å². The third kappa shape index (κ3) is 13.0. The number of ether oxygens (including phenoxy) is 7. The molecular formula is C44H73NO17. The van der Waals surface area contributed by atoms with E-state index in [0.717, 1.165) is 0 Å². The lowest BCUT2D eigenvalue weighted by atomic mass is 9.79. The van der Waals surface area contributed by atoms with Crippen molar-refractivity contribution in [2.45, 2.75) is 191 Å². The summed E-state index contributed by atoms with van der Waals surface area (Å²) >= 11 is 0. The van der Waals surface area contributed by atoms with Crippen LogP contribution in [0.1, 0.15) is 87.5 Å². The molecule has 21 atom stereocenters. The Morgan fingerprint density at radius 1 is 0.855 bits per heavy atom. The van der Waals surface area contributed by atoms with Gasteiger partial charge in [0.15, 0.2) is 24.7 Å². The number of nitrogens with zero attached hydrogens (tertiary/aromatic N) is 1. The van der Waals surface area contributed by atoms with Gasteiger partial charge in [0.2, 0.25) is 0 Å². The van der Waals surface area contributed by atoms with Gasteiger partial charge in [-0.25, -0.2) is 0 Å². The Balaban J connectivity index is 1.61. The van der Waals surface area contributed by atoms with Crippen LogP contribution < -0.4 is 0 Å². The van der Waals surface area contributed by atoms with E-state index in [1.54, 1.807) is 72.7 Å². The highest BCUT2D eigenvalue weighted by atomic mass is 16.7. The standard InChI is InChI=1S/C44H73NO17/c1-11-31-28(20-56-42-38(53)37(52)35(50)24(5)58-42)16-21(2)12-13-29(47)22(3)17-27(14-15-46)39(23(4)30(48)18-32(49)60-31)62-43-36(51)34(45(9)10)40(25(6)59-43)61-33-19-44(8,55)41(54)26(7)57-33/h12-13,15-16,22-28,30-31,33-43,48,50-55H,11,14,17-20H2,1-10H3/t22-,23+,24-,25-,26+,27+,28-,30-,31-,33+,34-,35-,36-,37-,38-,39-,40-,41+,42-,43+,44-/m1/s1. The molecule has 18 heteroatoms. The Hall–Kier alpha value is -2.27. The van der Waals surface area contributed by atoms with Crippen molar-refractivity contribution in [3.05, 3.63) is 23.8 Å². The Kier molecular flexibility index (Phi) is 19.2. The van der Waals surface area contributed by atoms with E-state index >= 15 is 0 Å². The van der Waals surface area contributed by atoms with Crippen molar-refractivity contribution in [1.82, 2.24) is 4.90 Å². The molecule has 0 saturated carbocycles. The van der Waals surface area contributed by atoms with Crippen molar-refractivity contribution >= 4 is 18.0 Å². The summed E-state index contributed by atoms with van der Waals surface area (Å²) in [5.74, 6) is -3.84. The zero-order chi connectivity index (χ0) is 46.4. The monoisotopic (exact) mass is 887 g/mol. The van der Waals surface area contributed by atoms with Crippen molar-refractivity contribution in [3.63, 3.8) is 0 Å². The quantitative estimate of drug-likeness (QED) is 0.110. The number of carbonyl (C=O) groups is 3. The SMILES string of the molecule is CC[C@H]1OC(=O)C[C@@H](O)[C@H](C)[C@@H](O[C@@H]2O[C@H](C)[C@@H](O[C@H]3C[C@@](C)(O)[C@@H](O)[C@H](C)O3)[C@H](N(C)C)[C@H]2O)[C@@H](CC=O)C[C@@H](C)C(=O)C=CC(C)=C[C@@H]1CO[C@@H]1O[C@H](C)[C@@H](O)[C@@H](O)[C@H]1O. The van der Waals surface area contributed by atoms with Crippen LogP contribution in [0.3, 0.4) is 0 Å². The zero-order valence-corrected chi connectivity index (χ0v) is 37.8. The molecule has 3 fully saturated rings. The van der Waals surface area contributed by atoms with Crippen LogP contribution in [0.25, 0.3) is 0 Å². The van der Waals surface area contributed by atoms with Gasteiger partial charge in [-0.15, -0.1) is 0 Å². The van der Waals surface area contributed by atoms with E-state index in [1.165, 1.54) is 19.9 Å². The lowest BCUT2D eigenvalue weighted by Gasteiger charge is -2.50. The summed E-state index contributed by atoms with van der Waals surface area (Å²) in [5, 5.41) is 76.0. The Morgan fingerprint density at radius 2 is 1.52 bits per heavy atom. The normalized spacial score (nSPS) is 45.7. The molecule has 18 nitrogen and oxygen atoms in total. The van der Waals surface area contributed by atoms with Crippen LogP contribution >= 0.6 is 0 Å². The second-order valence-electron chi connectivity index (χ2n) is 18.3. The molecule has 62 heavy (non-hydrogen) atoms. The van der Waals surface area contributed by atoms with E-state index in [1.807, 2.05) is 0 Å². The zero-order valence-electron chi connectivity index (χ0n) is 37.8. The minimum Gasteiger partial charge on any atom is -0.462 e. The molecule has 4 rings (SSSR count). The molecule has 0 aromatic heterocycles. The fourth-order valence-corrected chi connectivity index (χ4v) is 9.02. The van der Waals surface area contributed by atoms with E-state index in [-0.39, 0.29) is 31.7 Å². The van der Waals surface area contributed by atoms with E-state index in [2.05, 4.69) is 0 Å². The van der Waals surface area contributed by atoms with Gasteiger partial charge in [-0.05, 0) is 73.5 Å². The van der Waals surface area contributed by atoms with Crippen molar-refractivity contribution in [2.75, 3.05) is 20.7 Å². The highest BCUT2D eigenvalue weighted by molar-refractivity contribution is 5.91. The number of likely N-dealkylation sites (N-methyl/N-ethyl adjacent to an activating group) is 1. The van der Waals surface area contributed by atoms with Gasteiger partial charge in [-0.3, -0.25) is 9.59 Å². The summed E-state index contributed by atoms with van der Waals surface area (Å²) in [4.78, 5) is 41.3. The van der Waals surface area contributed by atoms with Crippen LogP contribution in [0.4, 0.5) is 0 Å². The smallest absolute Gasteiger partial charge is 0.308 e. The summed E-state index contributed by atoms with van der Waals surface area (Å²) in [7, 11) is 3.48. The largest absolute Gasteiger partial charge is 0.462 e. The average Bonchev–Trinajstić information content (AvgIpc) is 3.20. The van der Waals surface area contributed by atoms with Crippen molar-refractivity contribution in [3.8, 4) is 0 Å². The number of aldehydes is 1. The number of esters is 1. The van der Waals surface area contributed by atoms with Crippen LogP contribution in [0.5, 0.6) is 0 Å². The second kappa shape index (κ2) is 22.8. The van der Waals surface area contributed by atoms with Gasteiger partial charge in [0.05, 0.1) is 55.2 Å². The second-order valence-corrected chi connectivity index (χ2v) is 18.3. The van der Waals surface area contributed by atoms with Gasteiger partial charge in [-0.1, -0.05) is 38.5 Å². The molecule has 0 radical (unpaired) electrons. The van der Waals surface area contributed by atoms with Crippen molar-refractivity contribution in [2.24, 2.45) is 23.7 Å². The number of aliphatic hydroxyl groups excluding tert-OH is 6. The molecule has 0 aromatic rings. The number of rotatable bonds is 11. The predicted octanol–water partition coefficient (Wildman–Crippen LogP) is 0.525. The lowest BCUT2D eigenvalue weighted by Crippen LogP contribution is -2.65. The first kappa shape index (κ1) is 52.4. The van der Waals surface area contributed by atoms with Gasteiger partial charge in [0.25, 0.3) is 0 Å². The first-order chi connectivity index (χ1) is 29.0. The molecule has 0 spiro atoms. The minimum absolute atomic E-state index is 0.0454. The maximum Gasteiger partial charge on any atom is 0.308 e. The molecule has 0 aliphatic carbocycles. The Morgan fingerprint density at radius 3 is 2.13 bits per heavy atom. The topological polar surface area (TPSA) is 261 Å². The number of carbonyl (C=O) groups excluding carboxylic acids is 3. The van der Waals surface area contributed by atoms with Gasteiger partial charge in [0.1, 0.15) is 49.0 Å². The molecule has 3 saturated heterocycles. The fourth-order valence-electron chi connectivity index (χ4n) is 9.02. The summed E-state index contributed by atoms with van der Waals surface area (Å²) in [5.41, 5.74) is -0.876. The predicted molar refractivity (Wildman–Crippen MR) is 221 cm³/mol. The summed E-state index contributed by atoms with van der Waals surface area (Å²) in [6, 6.07) is -0.761. The fraction of sp³-hybridized carbons (Fsp3) is 0.841. The number of ketones is 1. The number of allylic oxidation sites excluding steroid dienone is 3. The average molecular weight is 888 g/mol. The maximum atomic E-state index is 13.6. The molecule has 0 unspecified atom stereocenters. The Labute approximate surface area is 365 Å². The first-order valence-corrected chi connectivity index (χ1v) is 21.9. The van der Waals surface area contributed by atoms with E-state index in [0.29, 0.717) is 18.3 Å². The van der Waals surface area contributed by atoms with E-state index in [9.17, 15) is 50.1 Å². The van der Waals surface area contributed by atoms with Crippen molar-refractivity contribution < 1.29 is 83.3 Å². The van der Waals surface area contributed by atoms with Gasteiger partial charge < -0.3 is 78.6 Å². The molecule has 4 aliphatic heterocycles. The summed E-state index contributed by atoms with van der Waals surface area (Å²) in [6.07, 6.45) is -11.6. The van der Waals surface area contributed by atoms with Gasteiger partial charge >= 0.3 is 5.97 Å². The molecule has 0 bridgehead atoms. The summed E-state index contributed by atoms with van der Waals surface area (Å²) in [6.45, 7) is 13.1. The summed E-state index contributed by atoms with van der Waals surface area (Å²) < 4.78 is 42.6. The van der Waals surface area contributed by atoms with Crippen molar-refractivity contribution in [1.29, 1.82) is 0 Å². The number of hydrogen-bond donors (Lipinski definition) is 7. The highest BCUT2D eigenvalue weighted by Gasteiger charge is 2.51. The Bertz CT molecular complexity index is 1530. The van der Waals surface area contributed by atoms with E-state index < -0.39 is 140 Å². The third-order valence-electron chi connectivity index (χ3n) is 12.9. The number of cyclic esters (lactones) is 1. The molecule has 4 heterocycles. The number of aliphatic hydroxyl groups is 7. The minimum atomic E-state index is -1.56. The van der Waals surface area contributed by atoms with Crippen LogP contribution in [0.15, 0.2) is 23.8 Å². The lowest BCUT2D eigenvalue weighted by molar-refractivity contribution is -0.341. The molecule has 356 valence electrons. The first-order valence-electron chi connectivity index (χ1n) is 21.9. The van der Waals surface area contributed by atoms with Crippen LogP contribution in [0.2, 0.25) is 0 Å². The molecule has 0 amide bonds. The highest BCUT2D eigenvalue weighted by Crippen LogP contribution is 2.37. The maximum absolute atomic E-state index is 13.6. The molecule has 0 aromatic carbocycles. The van der Waals surface area contributed by atoms with Crippen LogP contribution in [-0.4, -0.2) is 183 Å². The van der Waals surface area contributed by atoms with Crippen LogP contribution in [-0.2, 0) is 47.5 Å². The molecule has 7 N–H and O–H groups in total. The third-order valence-corrected chi connectivity index (χ3v) is 12.9. The molecular weight excluding hydrogens is 814 g/mol. The van der Waals surface area contributed by atoms with Gasteiger partial charge in [0, 0.05) is 30.6 Å². The van der Waals surface area contributed by atoms with Crippen LogP contribution in [0, 0.1) is 23.7 Å². The molecule has 4 aliphatic rings. The van der Waals surface area contributed by atoms with E-state index in [4.69, 9.17) is 33.2 Å².